The Morgan fingerprint density at radius 1 is 1.69 bits per heavy atom. The molecule has 2 nitrogen and oxygen atoms in total. The van der Waals surface area contributed by atoms with Gasteiger partial charge in [-0.25, -0.2) is 4.98 Å². The van der Waals surface area contributed by atoms with Crippen molar-refractivity contribution in [3.05, 3.63) is 16.1 Å². The maximum atomic E-state index is 4.50. The topological polar surface area (TPSA) is 24.9 Å². The fourth-order valence-corrected chi connectivity index (χ4v) is 2.73. The van der Waals surface area contributed by atoms with E-state index in [2.05, 4.69) is 22.6 Å². The summed E-state index contributed by atoms with van der Waals surface area (Å²) in [7, 11) is 0. The van der Waals surface area contributed by atoms with Crippen LogP contribution in [0.1, 0.15) is 23.5 Å². The van der Waals surface area contributed by atoms with Gasteiger partial charge in [0, 0.05) is 17.5 Å². The van der Waals surface area contributed by atoms with Crippen molar-refractivity contribution in [3.8, 4) is 0 Å². The van der Waals surface area contributed by atoms with Crippen LogP contribution in [-0.2, 0) is 6.42 Å². The molecule has 2 rings (SSSR count). The molecule has 72 valence electrons. The summed E-state index contributed by atoms with van der Waals surface area (Å²) in [6.07, 6.45) is 3.87. The Morgan fingerprint density at radius 3 is 3.23 bits per heavy atom. The monoisotopic (exact) mass is 196 g/mol. The van der Waals surface area contributed by atoms with Gasteiger partial charge in [0.1, 0.15) is 0 Å². The number of hydrogen-bond donors (Lipinski definition) is 1. The van der Waals surface area contributed by atoms with Crippen molar-refractivity contribution in [3.63, 3.8) is 0 Å². The van der Waals surface area contributed by atoms with Crippen LogP contribution in [0.2, 0.25) is 0 Å². The number of nitrogens with zero attached hydrogens (tertiary/aromatic N) is 1. The van der Waals surface area contributed by atoms with E-state index >= 15 is 0 Å². The first kappa shape index (κ1) is 9.16. The van der Waals surface area contributed by atoms with E-state index in [0.717, 1.165) is 5.92 Å². The van der Waals surface area contributed by atoms with Crippen molar-refractivity contribution in [1.82, 2.24) is 10.3 Å². The van der Waals surface area contributed by atoms with Crippen molar-refractivity contribution in [2.45, 2.75) is 26.2 Å². The highest BCUT2D eigenvalue weighted by Gasteiger charge is 2.14. The van der Waals surface area contributed by atoms with Crippen molar-refractivity contribution >= 4 is 11.3 Å². The van der Waals surface area contributed by atoms with E-state index < -0.39 is 0 Å². The van der Waals surface area contributed by atoms with E-state index in [0.29, 0.717) is 0 Å². The predicted molar refractivity (Wildman–Crippen MR) is 56.1 cm³/mol. The number of rotatable bonds is 2. The third kappa shape index (κ3) is 2.51. The molecule has 1 aromatic rings. The second-order valence-corrected chi connectivity index (χ2v) is 4.74. The molecule has 0 unspecified atom stereocenters. The molecule has 2 heterocycles. The molecule has 1 aliphatic rings. The van der Waals surface area contributed by atoms with E-state index in [4.69, 9.17) is 0 Å². The lowest BCUT2D eigenvalue weighted by Crippen LogP contribution is -2.30. The molecule has 1 N–H and O–H groups in total. The molecule has 0 aliphatic carbocycles. The molecule has 0 amide bonds. The van der Waals surface area contributed by atoms with Crippen molar-refractivity contribution in [2.24, 2.45) is 5.92 Å². The van der Waals surface area contributed by atoms with Crippen molar-refractivity contribution < 1.29 is 0 Å². The third-order valence-corrected chi connectivity index (χ3v) is 3.52. The lowest BCUT2D eigenvalue weighted by Gasteiger charge is -2.21. The van der Waals surface area contributed by atoms with E-state index in [9.17, 15) is 0 Å². The first-order chi connectivity index (χ1) is 6.34. The van der Waals surface area contributed by atoms with Gasteiger partial charge < -0.3 is 5.32 Å². The zero-order chi connectivity index (χ0) is 9.10. The number of thiazole rings is 1. The Balaban J connectivity index is 1.89. The molecule has 1 fully saturated rings. The minimum Gasteiger partial charge on any atom is -0.316 e. The zero-order valence-electron chi connectivity index (χ0n) is 8.05. The Hall–Kier alpha value is -0.410. The van der Waals surface area contributed by atoms with Crippen molar-refractivity contribution in [2.75, 3.05) is 13.1 Å². The van der Waals surface area contributed by atoms with Crippen LogP contribution in [0.5, 0.6) is 0 Å². The van der Waals surface area contributed by atoms with Gasteiger partial charge in [0.15, 0.2) is 0 Å². The van der Waals surface area contributed by atoms with Gasteiger partial charge in [0.05, 0.1) is 5.01 Å². The molecular formula is C10H16N2S. The Morgan fingerprint density at radius 2 is 2.62 bits per heavy atom. The molecule has 13 heavy (non-hydrogen) atoms. The first-order valence-corrected chi connectivity index (χ1v) is 5.84. The molecule has 1 aliphatic heterocycles. The van der Waals surface area contributed by atoms with Gasteiger partial charge >= 0.3 is 0 Å². The molecular weight excluding hydrogens is 180 g/mol. The molecule has 0 aromatic carbocycles. The van der Waals surface area contributed by atoms with Crippen molar-refractivity contribution in [1.29, 1.82) is 0 Å². The maximum absolute atomic E-state index is 4.50. The highest BCUT2D eigenvalue weighted by Crippen LogP contribution is 2.18. The molecule has 1 aromatic heterocycles. The van der Waals surface area contributed by atoms with E-state index in [1.165, 1.54) is 43.1 Å². The number of aryl methyl sites for hydroxylation is 1. The number of piperidine rings is 1. The van der Waals surface area contributed by atoms with Gasteiger partial charge in [0.25, 0.3) is 0 Å². The molecule has 1 saturated heterocycles. The van der Waals surface area contributed by atoms with Crippen LogP contribution in [0, 0.1) is 12.8 Å². The highest BCUT2D eigenvalue weighted by atomic mass is 32.1. The lowest BCUT2D eigenvalue weighted by atomic mass is 9.97. The molecule has 1 atom stereocenters. The SMILES string of the molecule is Cc1csc(C[C@H]2CCCNC2)n1. The molecule has 0 bridgehead atoms. The normalized spacial score (nSPS) is 23.3. The zero-order valence-corrected chi connectivity index (χ0v) is 8.86. The average molecular weight is 196 g/mol. The van der Waals surface area contributed by atoms with Crippen LogP contribution in [-0.4, -0.2) is 18.1 Å². The molecule has 0 saturated carbocycles. The third-order valence-electron chi connectivity index (χ3n) is 2.53. The van der Waals surface area contributed by atoms with Crippen LogP contribution in [0.4, 0.5) is 0 Å². The average Bonchev–Trinajstić information content (AvgIpc) is 2.53. The van der Waals surface area contributed by atoms with E-state index in [-0.39, 0.29) is 0 Å². The number of aromatic nitrogens is 1. The quantitative estimate of drug-likeness (QED) is 0.782. The van der Waals surface area contributed by atoms with E-state index in [1.54, 1.807) is 11.3 Å². The lowest BCUT2D eigenvalue weighted by molar-refractivity contribution is 0.375. The van der Waals surface area contributed by atoms with Crippen LogP contribution >= 0.6 is 11.3 Å². The van der Waals surface area contributed by atoms with Crippen LogP contribution in [0.15, 0.2) is 5.38 Å². The Labute approximate surface area is 83.4 Å². The number of nitrogens with one attached hydrogen (secondary N) is 1. The summed E-state index contributed by atoms with van der Waals surface area (Å²) in [6, 6.07) is 0. The standard InChI is InChI=1S/C10H16N2S/c1-8-7-13-10(12-8)5-9-3-2-4-11-6-9/h7,9,11H,2-6H2,1H3/t9-/m1/s1. The van der Waals surface area contributed by atoms with Gasteiger partial charge in [-0.2, -0.15) is 0 Å². The van der Waals surface area contributed by atoms with Gasteiger partial charge in [0.2, 0.25) is 0 Å². The molecule has 0 radical (unpaired) electrons. The maximum Gasteiger partial charge on any atom is 0.0931 e. The van der Waals surface area contributed by atoms with Gasteiger partial charge in [-0.3, -0.25) is 0 Å². The summed E-state index contributed by atoms with van der Waals surface area (Å²) < 4.78 is 0. The summed E-state index contributed by atoms with van der Waals surface area (Å²) in [5.41, 5.74) is 1.17. The summed E-state index contributed by atoms with van der Waals surface area (Å²) >= 11 is 1.80. The van der Waals surface area contributed by atoms with Gasteiger partial charge in [-0.05, 0) is 38.8 Å². The summed E-state index contributed by atoms with van der Waals surface area (Å²) in [5, 5.41) is 6.89. The van der Waals surface area contributed by atoms with E-state index in [1.807, 2.05) is 0 Å². The fourth-order valence-electron chi connectivity index (χ4n) is 1.84. The second kappa shape index (κ2) is 4.20. The minimum atomic E-state index is 0.819. The molecule has 0 spiro atoms. The first-order valence-electron chi connectivity index (χ1n) is 4.96. The molecule has 3 heteroatoms. The fraction of sp³-hybridized carbons (Fsp3) is 0.700. The van der Waals surface area contributed by atoms with Crippen LogP contribution in [0.3, 0.4) is 0 Å². The van der Waals surface area contributed by atoms with Gasteiger partial charge in [-0.15, -0.1) is 11.3 Å². The Bertz CT molecular complexity index is 264. The number of hydrogen-bond acceptors (Lipinski definition) is 3. The largest absolute Gasteiger partial charge is 0.316 e. The van der Waals surface area contributed by atoms with Crippen LogP contribution < -0.4 is 5.32 Å². The second-order valence-electron chi connectivity index (χ2n) is 3.80. The van der Waals surface area contributed by atoms with Gasteiger partial charge in [-0.1, -0.05) is 0 Å². The highest BCUT2D eigenvalue weighted by molar-refractivity contribution is 7.09. The summed E-state index contributed by atoms with van der Waals surface area (Å²) in [4.78, 5) is 4.50. The Kier molecular flexibility index (Phi) is 2.96. The summed E-state index contributed by atoms with van der Waals surface area (Å²) in [5.74, 6) is 0.819. The predicted octanol–water partition coefficient (Wildman–Crippen LogP) is 1.99. The van der Waals surface area contributed by atoms with Crippen LogP contribution in [0.25, 0.3) is 0 Å². The minimum absolute atomic E-state index is 0.819. The smallest absolute Gasteiger partial charge is 0.0931 e. The summed E-state index contributed by atoms with van der Waals surface area (Å²) in [6.45, 7) is 4.45.